The third kappa shape index (κ3) is 2.76. The fraction of sp³-hybridized carbons (Fsp3) is 0.294. The third-order valence-corrected chi connectivity index (χ3v) is 5.13. The number of nitrogens with one attached hydrogen (secondary N) is 3. The number of carbonyl (C=O) groups is 1. The second-order valence-electron chi connectivity index (χ2n) is 5.94. The number of amides is 1. The van der Waals surface area contributed by atoms with Gasteiger partial charge < -0.3 is 20.7 Å². The fourth-order valence-corrected chi connectivity index (χ4v) is 3.70. The van der Waals surface area contributed by atoms with Crippen LogP contribution in [0, 0.1) is 0 Å². The summed E-state index contributed by atoms with van der Waals surface area (Å²) in [5.74, 6) is 0.601. The van der Waals surface area contributed by atoms with E-state index in [0.29, 0.717) is 22.4 Å². The number of imidazole rings is 1. The zero-order valence-corrected chi connectivity index (χ0v) is 13.8. The van der Waals surface area contributed by atoms with Crippen LogP contribution in [0.4, 0.5) is 0 Å². The number of hydrogen-bond acceptors (Lipinski definition) is 5. The van der Waals surface area contributed by atoms with Gasteiger partial charge in [-0.3, -0.25) is 4.79 Å². The summed E-state index contributed by atoms with van der Waals surface area (Å²) in [6.07, 6.45) is 2.03. The third-order valence-electron chi connectivity index (χ3n) is 4.25. The smallest absolute Gasteiger partial charge is 0.253 e. The number of phenols is 1. The maximum Gasteiger partial charge on any atom is 0.253 e. The Bertz CT molecular complexity index is 866. The molecule has 4 rings (SSSR count). The number of aromatic nitrogens is 2. The maximum atomic E-state index is 12.7. The van der Waals surface area contributed by atoms with Crippen molar-refractivity contribution in [2.45, 2.75) is 18.9 Å². The highest BCUT2D eigenvalue weighted by Gasteiger charge is 2.21. The topological polar surface area (TPSA) is 90.0 Å². The number of piperidine rings is 1. The highest BCUT2D eigenvalue weighted by Crippen LogP contribution is 2.30. The number of fused-ring (bicyclic) bond motifs is 1. The van der Waals surface area contributed by atoms with Crippen LogP contribution >= 0.6 is 11.3 Å². The molecule has 1 aliphatic rings. The van der Waals surface area contributed by atoms with Crippen LogP contribution < -0.4 is 10.6 Å². The lowest BCUT2D eigenvalue weighted by Crippen LogP contribution is -2.45. The SMILES string of the molecule is O=C(NC1CCCNC1)c1ccc(O)c2[nH]c(-c3cccs3)nc12. The van der Waals surface area contributed by atoms with Crippen LogP contribution in [-0.4, -0.2) is 40.1 Å². The first-order chi connectivity index (χ1) is 11.7. The largest absolute Gasteiger partial charge is 0.506 e. The second-order valence-corrected chi connectivity index (χ2v) is 6.88. The minimum absolute atomic E-state index is 0.0937. The molecule has 4 N–H and O–H groups in total. The molecule has 24 heavy (non-hydrogen) atoms. The quantitative estimate of drug-likeness (QED) is 0.589. The molecule has 0 saturated carbocycles. The Morgan fingerprint density at radius 2 is 2.29 bits per heavy atom. The van der Waals surface area contributed by atoms with Gasteiger partial charge in [0.15, 0.2) is 0 Å². The summed E-state index contributed by atoms with van der Waals surface area (Å²) in [6, 6.07) is 7.18. The first kappa shape index (κ1) is 15.2. The number of H-pyrrole nitrogens is 1. The number of rotatable bonds is 3. The molecule has 6 nitrogen and oxygen atoms in total. The lowest BCUT2D eigenvalue weighted by Gasteiger charge is -2.23. The highest BCUT2D eigenvalue weighted by atomic mass is 32.1. The van der Waals surface area contributed by atoms with E-state index in [4.69, 9.17) is 0 Å². The Morgan fingerprint density at radius 3 is 3.04 bits per heavy atom. The second kappa shape index (κ2) is 6.26. The van der Waals surface area contributed by atoms with Gasteiger partial charge >= 0.3 is 0 Å². The number of hydrogen-bond donors (Lipinski definition) is 4. The summed E-state index contributed by atoms with van der Waals surface area (Å²) in [6.45, 7) is 1.79. The van der Waals surface area contributed by atoms with Crippen molar-refractivity contribution in [3.63, 3.8) is 0 Å². The molecule has 1 amide bonds. The molecule has 0 aliphatic carbocycles. The Labute approximate surface area is 142 Å². The van der Waals surface area contributed by atoms with Crippen LogP contribution in [0.2, 0.25) is 0 Å². The van der Waals surface area contributed by atoms with Gasteiger partial charge in [-0.15, -0.1) is 11.3 Å². The summed E-state index contributed by atoms with van der Waals surface area (Å²) in [5, 5.41) is 18.4. The first-order valence-corrected chi connectivity index (χ1v) is 8.87. The minimum Gasteiger partial charge on any atom is -0.506 e. The molecule has 7 heteroatoms. The lowest BCUT2D eigenvalue weighted by molar-refractivity contribution is 0.0932. The van der Waals surface area contributed by atoms with E-state index in [-0.39, 0.29) is 17.7 Å². The van der Waals surface area contributed by atoms with Gasteiger partial charge in [-0.05, 0) is 43.0 Å². The van der Waals surface area contributed by atoms with Gasteiger partial charge in [-0.2, -0.15) is 0 Å². The van der Waals surface area contributed by atoms with Crippen molar-refractivity contribution < 1.29 is 9.90 Å². The molecule has 0 radical (unpaired) electrons. The standard InChI is InChI=1S/C17H18N4O2S/c22-12-6-5-11(17(23)19-10-3-1-7-18-9-10)14-15(12)21-16(20-14)13-4-2-8-24-13/h2,4-6,8,10,18,22H,1,3,7,9H2,(H,19,23)(H,20,21). The predicted octanol–water partition coefficient (Wildman–Crippen LogP) is 2.48. The van der Waals surface area contributed by atoms with Gasteiger partial charge in [0.2, 0.25) is 0 Å². The lowest BCUT2D eigenvalue weighted by atomic mass is 10.1. The fourth-order valence-electron chi connectivity index (χ4n) is 3.03. The minimum atomic E-state index is -0.155. The van der Waals surface area contributed by atoms with Crippen molar-refractivity contribution >= 4 is 28.3 Å². The average molecular weight is 342 g/mol. The van der Waals surface area contributed by atoms with Crippen molar-refractivity contribution in [3.05, 3.63) is 35.2 Å². The Balaban J connectivity index is 1.69. The van der Waals surface area contributed by atoms with Crippen molar-refractivity contribution in [3.8, 4) is 16.5 Å². The molecule has 3 aromatic rings. The molecule has 1 unspecified atom stereocenters. The van der Waals surface area contributed by atoms with E-state index in [2.05, 4.69) is 20.6 Å². The Morgan fingerprint density at radius 1 is 1.38 bits per heavy atom. The van der Waals surface area contributed by atoms with Gasteiger partial charge in [0.1, 0.15) is 22.6 Å². The summed E-state index contributed by atoms with van der Waals surface area (Å²) >= 11 is 1.56. The Hall–Kier alpha value is -2.38. The van der Waals surface area contributed by atoms with Crippen molar-refractivity contribution in [2.75, 3.05) is 13.1 Å². The molecule has 0 bridgehead atoms. The Kier molecular flexibility index (Phi) is 3.95. The van der Waals surface area contributed by atoms with E-state index in [0.717, 1.165) is 30.8 Å². The molecule has 1 aromatic carbocycles. The summed E-state index contributed by atoms with van der Waals surface area (Å²) in [4.78, 5) is 21.3. The van der Waals surface area contributed by atoms with Crippen molar-refractivity contribution in [1.29, 1.82) is 0 Å². The zero-order chi connectivity index (χ0) is 16.5. The number of nitrogens with zero attached hydrogens (tertiary/aromatic N) is 1. The van der Waals surface area contributed by atoms with E-state index in [9.17, 15) is 9.90 Å². The van der Waals surface area contributed by atoms with Gasteiger partial charge in [-0.25, -0.2) is 4.98 Å². The monoisotopic (exact) mass is 342 g/mol. The number of carbonyl (C=O) groups excluding carboxylic acids is 1. The van der Waals surface area contributed by atoms with Gasteiger partial charge in [0.05, 0.1) is 10.4 Å². The molecule has 124 valence electrons. The van der Waals surface area contributed by atoms with Crippen molar-refractivity contribution in [1.82, 2.24) is 20.6 Å². The van der Waals surface area contributed by atoms with Gasteiger partial charge in [-0.1, -0.05) is 6.07 Å². The predicted molar refractivity (Wildman–Crippen MR) is 94.4 cm³/mol. The number of benzene rings is 1. The molecule has 1 saturated heterocycles. The number of aromatic amines is 1. The van der Waals surface area contributed by atoms with Crippen LogP contribution in [0.25, 0.3) is 21.7 Å². The van der Waals surface area contributed by atoms with E-state index in [1.807, 2.05) is 17.5 Å². The normalized spacial score (nSPS) is 17.9. The zero-order valence-electron chi connectivity index (χ0n) is 13.0. The molecule has 0 spiro atoms. The van der Waals surface area contributed by atoms with E-state index < -0.39 is 0 Å². The van der Waals surface area contributed by atoms with Crippen LogP contribution in [0.1, 0.15) is 23.2 Å². The molecular weight excluding hydrogens is 324 g/mol. The van der Waals surface area contributed by atoms with Crippen LogP contribution in [-0.2, 0) is 0 Å². The molecule has 1 fully saturated rings. The number of aromatic hydroxyl groups is 1. The summed E-state index contributed by atoms with van der Waals surface area (Å²) in [5.41, 5.74) is 1.47. The number of thiophene rings is 1. The van der Waals surface area contributed by atoms with Crippen molar-refractivity contribution in [2.24, 2.45) is 0 Å². The van der Waals surface area contributed by atoms with Crippen LogP contribution in [0.3, 0.4) is 0 Å². The van der Waals surface area contributed by atoms with Gasteiger partial charge in [0, 0.05) is 12.6 Å². The summed E-state index contributed by atoms with van der Waals surface area (Å²) in [7, 11) is 0. The van der Waals surface area contributed by atoms with E-state index in [1.54, 1.807) is 17.4 Å². The van der Waals surface area contributed by atoms with E-state index in [1.165, 1.54) is 6.07 Å². The maximum absolute atomic E-state index is 12.7. The summed E-state index contributed by atoms with van der Waals surface area (Å²) < 4.78 is 0. The van der Waals surface area contributed by atoms with E-state index >= 15 is 0 Å². The van der Waals surface area contributed by atoms with Crippen LogP contribution in [0.15, 0.2) is 29.6 Å². The van der Waals surface area contributed by atoms with Gasteiger partial charge in [0.25, 0.3) is 5.91 Å². The first-order valence-electron chi connectivity index (χ1n) is 7.99. The molecule has 3 heterocycles. The molecular formula is C17H18N4O2S. The molecule has 1 aliphatic heterocycles. The number of phenolic OH excluding ortho intramolecular Hbond substituents is 1. The van der Waals surface area contributed by atoms with Crippen LogP contribution in [0.5, 0.6) is 5.75 Å². The molecule has 1 atom stereocenters. The average Bonchev–Trinajstić information content (AvgIpc) is 3.26. The molecule has 2 aromatic heterocycles. The highest BCUT2D eigenvalue weighted by molar-refractivity contribution is 7.13.